The van der Waals surface area contributed by atoms with Crippen LogP contribution in [0.2, 0.25) is 5.02 Å². The molecule has 18 heavy (non-hydrogen) atoms. The summed E-state index contributed by atoms with van der Waals surface area (Å²) >= 11 is 5.93. The molecule has 0 radical (unpaired) electrons. The Bertz CT molecular complexity index is 569. The van der Waals surface area contributed by atoms with Gasteiger partial charge in [0.25, 0.3) is 0 Å². The van der Waals surface area contributed by atoms with E-state index in [9.17, 15) is 13.9 Å². The fraction of sp³-hybridized carbons (Fsp3) is 0.0769. The van der Waals surface area contributed by atoms with Gasteiger partial charge >= 0.3 is 0 Å². The Morgan fingerprint density at radius 1 is 1.06 bits per heavy atom. The Morgan fingerprint density at radius 3 is 2.22 bits per heavy atom. The van der Waals surface area contributed by atoms with E-state index in [-0.39, 0.29) is 10.6 Å². The molecule has 3 N–H and O–H groups in total. The van der Waals surface area contributed by atoms with Gasteiger partial charge in [-0.25, -0.2) is 8.78 Å². The summed E-state index contributed by atoms with van der Waals surface area (Å²) < 4.78 is 26.1. The van der Waals surface area contributed by atoms with Crippen LogP contribution < -0.4 is 5.73 Å². The summed E-state index contributed by atoms with van der Waals surface area (Å²) in [5, 5.41) is 10.3. The summed E-state index contributed by atoms with van der Waals surface area (Å²) in [4.78, 5) is 0. The molecule has 0 aliphatic heterocycles. The minimum Gasteiger partial charge on any atom is -0.399 e. The van der Waals surface area contributed by atoms with E-state index in [1.807, 2.05) is 0 Å². The highest BCUT2D eigenvalue weighted by molar-refractivity contribution is 6.31. The van der Waals surface area contributed by atoms with Gasteiger partial charge in [0.1, 0.15) is 17.7 Å². The van der Waals surface area contributed by atoms with Gasteiger partial charge in [0.2, 0.25) is 0 Å². The van der Waals surface area contributed by atoms with Crippen LogP contribution in [0.15, 0.2) is 36.4 Å². The van der Waals surface area contributed by atoms with Crippen molar-refractivity contribution in [3.8, 4) is 0 Å². The predicted molar refractivity (Wildman–Crippen MR) is 66.3 cm³/mol. The van der Waals surface area contributed by atoms with E-state index < -0.39 is 17.7 Å². The fourth-order valence-electron chi connectivity index (χ4n) is 1.68. The fourth-order valence-corrected chi connectivity index (χ4v) is 1.97. The van der Waals surface area contributed by atoms with Crippen molar-refractivity contribution < 1.29 is 13.9 Å². The Labute approximate surface area is 108 Å². The molecule has 2 aromatic carbocycles. The lowest BCUT2D eigenvalue weighted by molar-refractivity contribution is 0.219. The van der Waals surface area contributed by atoms with E-state index >= 15 is 0 Å². The number of rotatable bonds is 2. The first-order valence-electron chi connectivity index (χ1n) is 5.16. The molecule has 0 amide bonds. The topological polar surface area (TPSA) is 46.2 Å². The molecule has 2 nitrogen and oxygen atoms in total. The first-order valence-corrected chi connectivity index (χ1v) is 5.54. The third kappa shape index (κ3) is 2.60. The van der Waals surface area contributed by atoms with Crippen LogP contribution in [0.1, 0.15) is 17.2 Å². The third-order valence-electron chi connectivity index (χ3n) is 2.52. The number of hydrogen-bond acceptors (Lipinski definition) is 2. The molecule has 0 saturated heterocycles. The SMILES string of the molecule is Nc1ccc(C(O)c2cc(F)cc(F)c2)c(Cl)c1. The summed E-state index contributed by atoms with van der Waals surface area (Å²) in [6, 6.07) is 7.39. The zero-order valence-electron chi connectivity index (χ0n) is 9.20. The summed E-state index contributed by atoms with van der Waals surface area (Å²) in [5.41, 5.74) is 6.41. The molecular formula is C13H10ClF2NO. The minimum absolute atomic E-state index is 0.0965. The largest absolute Gasteiger partial charge is 0.399 e. The highest BCUT2D eigenvalue weighted by Gasteiger charge is 2.15. The van der Waals surface area contributed by atoms with Gasteiger partial charge in [-0.05, 0) is 29.8 Å². The Balaban J connectivity index is 2.44. The van der Waals surface area contributed by atoms with Gasteiger partial charge < -0.3 is 10.8 Å². The van der Waals surface area contributed by atoms with Crippen molar-refractivity contribution in [1.82, 2.24) is 0 Å². The molecule has 0 aliphatic rings. The zero-order chi connectivity index (χ0) is 13.3. The molecule has 5 heteroatoms. The van der Waals surface area contributed by atoms with Gasteiger partial charge in [-0.3, -0.25) is 0 Å². The number of halogens is 3. The predicted octanol–water partition coefficient (Wildman–Crippen LogP) is 3.28. The van der Waals surface area contributed by atoms with Crippen molar-refractivity contribution in [2.45, 2.75) is 6.10 Å². The van der Waals surface area contributed by atoms with Crippen molar-refractivity contribution in [2.75, 3.05) is 5.73 Å². The van der Waals surface area contributed by atoms with E-state index in [0.29, 0.717) is 11.3 Å². The number of aliphatic hydroxyl groups excluding tert-OH is 1. The lowest BCUT2D eigenvalue weighted by atomic mass is 10.0. The Kier molecular flexibility index (Phi) is 3.50. The summed E-state index contributed by atoms with van der Waals surface area (Å²) in [6.45, 7) is 0. The van der Waals surface area contributed by atoms with Crippen molar-refractivity contribution in [1.29, 1.82) is 0 Å². The average Bonchev–Trinajstić information content (AvgIpc) is 2.26. The molecule has 0 heterocycles. The molecule has 2 aromatic rings. The van der Waals surface area contributed by atoms with Gasteiger partial charge in [-0.1, -0.05) is 17.7 Å². The smallest absolute Gasteiger partial charge is 0.126 e. The summed E-state index contributed by atoms with van der Waals surface area (Å²) in [7, 11) is 0. The maximum atomic E-state index is 13.1. The number of aliphatic hydroxyl groups is 1. The molecule has 2 rings (SSSR count). The molecule has 1 atom stereocenters. The normalized spacial score (nSPS) is 12.4. The van der Waals surface area contributed by atoms with Gasteiger partial charge in [0.05, 0.1) is 0 Å². The molecular weight excluding hydrogens is 260 g/mol. The Morgan fingerprint density at radius 2 is 1.67 bits per heavy atom. The highest BCUT2D eigenvalue weighted by atomic mass is 35.5. The van der Waals surface area contributed by atoms with Gasteiger partial charge in [0.15, 0.2) is 0 Å². The third-order valence-corrected chi connectivity index (χ3v) is 2.85. The highest BCUT2D eigenvalue weighted by Crippen LogP contribution is 2.30. The zero-order valence-corrected chi connectivity index (χ0v) is 9.96. The van der Waals surface area contributed by atoms with Crippen LogP contribution in [0.4, 0.5) is 14.5 Å². The number of nitrogen functional groups attached to an aromatic ring is 1. The molecule has 0 fully saturated rings. The van der Waals surface area contributed by atoms with Crippen LogP contribution in [0.3, 0.4) is 0 Å². The van der Waals surface area contributed by atoms with Crippen molar-refractivity contribution in [2.24, 2.45) is 0 Å². The number of nitrogens with two attached hydrogens (primary N) is 1. The standard InChI is InChI=1S/C13H10ClF2NO/c14-12-6-10(17)1-2-11(12)13(18)7-3-8(15)5-9(16)4-7/h1-6,13,18H,17H2. The van der Waals surface area contributed by atoms with Gasteiger partial charge in [0, 0.05) is 22.3 Å². The van der Waals surface area contributed by atoms with Crippen LogP contribution in [0, 0.1) is 11.6 Å². The lowest BCUT2D eigenvalue weighted by Gasteiger charge is -2.13. The van der Waals surface area contributed by atoms with Crippen LogP contribution >= 0.6 is 11.6 Å². The number of hydrogen-bond donors (Lipinski definition) is 2. The maximum Gasteiger partial charge on any atom is 0.126 e. The summed E-state index contributed by atoms with van der Waals surface area (Å²) in [6.07, 6.45) is -1.21. The van der Waals surface area contributed by atoms with E-state index in [2.05, 4.69) is 0 Å². The van der Waals surface area contributed by atoms with Crippen LogP contribution in [0.5, 0.6) is 0 Å². The first-order chi connectivity index (χ1) is 8.47. The van der Waals surface area contributed by atoms with E-state index in [1.54, 1.807) is 6.07 Å². The molecule has 0 saturated carbocycles. The molecule has 0 aliphatic carbocycles. The molecule has 1 unspecified atom stereocenters. The van der Waals surface area contributed by atoms with Crippen molar-refractivity contribution in [3.05, 3.63) is 64.2 Å². The monoisotopic (exact) mass is 269 g/mol. The van der Waals surface area contributed by atoms with Gasteiger partial charge in [-0.2, -0.15) is 0 Å². The Hall–Kier alpha value is -1.65. The van der Waals surface area contributed by atoms with Crippen LogP contribution in [-0.4, -0.2) is 5.11 Å². The molecule has 0 aromatic heterocycles. The molecule has 0 spiro atoms. The molecule has 94 valence electrons. The van der Waals surface area contributed by atoms with Crippen LogP contribution in [-0.2, 0) is 0 Å². The van der Waals surface area contributed by atoms with Crippen molar-refractivity contribution in [3.63, 3.8) is 0 Å². The minimum atomic E-state index is -1.21. The van der Waals surface area contributed by atoms with Crippen LogP contribution in [0.25, 0.3) is 0 Å². The summed E-state index contributed by atoms with van der Waals surface area (Å²) in [5.74, 6) is -1.51. The average molecular weight is 270 g/mol. The van der Waals surface area contributed by atoms with Crippen molar-refractivity contribution >= 4 is 17.3 Å². The second-order valence-corrected chi connectivity index (χ2v) is 4.29. The second-order valence-electron chi connectivity index (χ2n) is 3.89. The first kappa shape index (κ1) is 12.8. The van der Waals surface area contributed by atoms with E-state index in [0.717, 1.165) is 18.2 Å². The molecule has 0 bridgehead atoms. The maximum absolute atomic E-state index is 13.1. The number of benzene rings is 2. The quantitative estimate of drug-likeness (QED) is 0.822. The van der Waals surface area contributed by atoms with E-state index in [4.69, 9.17) is 17.3 Å². The lowest BCUT2D eigenvalue weighted by Crippen LogP contribution is -2.02. The number of anilines is 1. The second kappa shape index (κ2) is 4.92. The van der Waals surface area contributed by atoms with Gasteiger partial charge in [-0.15, -0.1) is 0 Å². The van der Waals surface area contributed by atoms with E-state index in [1.165, 1.54) is 12.1 Å².